The molecule has 0 radical (unpaired) electrons. The van der Waals surface area contributed by atoms with Crippen LogP contribution in [0.2, 0.25) is 0 Å². The second kappa shape index (κ2) is 5.19. The van der Waals surface area contributed by atoms with Gasteiger partial charge in [0.15, 0.2) is 0 Å². The molecule has 0 saturated carbocycles. The van der Waals surface area contributed by atoms with Crippen LogP contribution in [0.5, 0.6) is 0 Å². The van der Waals surface area contributed by atoms with Crippen molar-refractivity contribution >= 4 is 5.69 Å². The van der Waals surface area contributed by atoms with Gasteiger partial charge in [-0.2, -0.15) is 0 Å². The number of benzene rings is 2. The van der Waals surface area contributed by atoms with Gasteiger partial charge in [-0.1, -0.05) is 48.0 Å². The molecule has 0 spiro atoms. The van der Waals surface area contributed by atoms with Gasteiger partial charge in [0.1, 0.15) is 12.9 Å². The molecule has 0 unspecified atom stereocenters. The second-order valence-electron chi connectivity index (χ2n) is 4.90. The Morgan fingerprint density at radius 1 is 1.11 bits per heavy atom. The molecule has 1 aliphatic rings. The second-order valence-corrected chi connectivity index (χ2v) is 4.90. The molecule has 0 amide bonds. The Balaban J connectivity index is 1.81. The highest BCUT2D eigenvalue weighted by atomic mass is 16.5. The zero-order chi connectivity index (χ0) is 13.1. The van der Waals surface area contributed by atoms with Crippen LogP contribution in [0, 0.1) is 6.92 Å². The van der Waals surface area contributed by atoms with Crippen molar-refractivity contribution in [3.05, 3.63) is 77.2 Å². The Morgan fingerprint density at radius 2 is 1.95 bits per heavy atom. The number of anilines is 1. The van der Waals surface area contributed by atoms with E-state index in [9.17, 15) is 0 Å². The van der Waals surface area contributed by atoms with E-state index in [0.29, 0.717) is 6.61 Å². The van der Waals surface area contributed by atoms with Crippen LogP contribution in [0.1, 0.15) is 16.7 Å². The van der Waals surface area contributed by atoms with E-state index >= 15 is 0 Å². The molecule has 2 heteroatoms. The van der Waals surface area contributed by atoms with E-state index in [2.05, 4.69) is 54.7 Å². The summed E-state index contributed by atoms with van der Waals surface area (Å²) in [7, 11) is 0. The minimum absolute atomic E-state index is 0.627. The maximum Gasteiger partial charge on any atom is 0.115 e. The summed E-state index contributed by atoms with van der Waals surface area (Å²) in [6.07, 6.45) is 2.69. The molecule has 0 atom stereocenters. The topological polar surface area (TPSA) is 21.3 Å². The quantitative estimate of drug-likeness (QED) is 0.870. The van der Waals surface area contributed by atoms with Gasteiger partial charge < -0.3 is 10.1 Å². The number of fused-ring (bicyclic) bond motifs is 1. The number of nitrogens with one attached hydrogen (secondary N) is 1. The number of rotatable bonds is 2. The van der Waals surface area contributed by atoms with E-state index in [1.807, 2.05) is 12.3 Å². The first-order chi connectivity index (χ1) is 9.31. The number of ether oxygens (including phenoxy) is 1. The smallest absolute Gasteiger partial charge is 0.115 e. The van der Waals surface area contributed by atoms with Gasteiger partial charge in [-0.25, -0.2) is 0 Å². The van der Waals surface area contributed by atoms with Crippen LogP contribution in [0.4, 0.5) is 5.69 Å². The van der Waals surface area contributed by atoms with Crippen molar-refractivity contribution in [3.63, 3.8) is 0 Å². The van der Waals surface area contributed by atoms with Crippen molar-refractivity contribution in [2.75, 3.05) is 5.32 Å². The van der Waals surface area contributed by atoms with E-state index in [4.69, 9.17) is 4.74 Å². The van der Waals surface area contributed by atoms with Gasteiger partial charge in [0.2, 0.25) is 0 Å². The van der Waals surface area contributed by atoms with Gasteiger partial charge in [-0.3, -0.25) is 0 Å². The predicted molar refractivity (Wildman–Crippen MR) is 77.8 cm³/mol. The monoisotopic (exact) mass is 251 g/mol. The molecule has 0 aliphatic carbocycles. The molecule has 2 nitrogen and oxygen atoms in total. The highest BCUT2D eigenvalue weighted by molar-refractivity contribution is 5.57. The van der Waals surface area contributed by atoms with Gasteiger partial charge in [0, 0.05) is 17.7 Å². The van der Waals surface area contributed by atoms with Crippen molar-refractivity contribution in [1.29, 1.82) is 0 Å². The van der Waals surface area contributed by atoms with Gasteiger partial charge in [0.05, 0.1) is 5.70 Å². The van der Waals surface area contributed by atoms with Gasteiger partial charge in [0.25, 0.3) is 0 Å². The first-order valence-corrected chi connectivity index (χ1v) is 6.52. The molecule has 0 bridgehead atoms. The fraction of sp³-hybridized carbons (Fsp3) is 0.176. The average Bonchev–Trinajstić information content (AvgIpc) is 2.61. The summed E-state index contributed by atoms with van der Waals surface area (Å²) in [5, 5.41) is 3.47. The van der Waals surface area contributed by atoms with Crippen LogP contribution >= 0.6 is 0 Å². The minimum Gasteiger partial charge on any atom is -0.495 e. The number of allylic oxidation sites excluding steroid dienone is 1. The Labute approximate surface area is 113 Å². The molecule has 0 fully saturated rings. The van der Waals surface area contributed by atoms with Crippen LogP contribution < -0.4 is 5.32 Å². The predicted octanol–water partition coefficient (Wildman–Crippen LogP) is 4.02. The van der Waals surface area contributed by atoms with Gasteiger partial charge in [-0.05, 0) is 18.6 Å². The molecule has 1 aliphatic heterocycles. The van der Waals surface area contributed by atoms with Crippen LogP contribution in [0.25, 0.3) is 0 Å². The maximum absolute atomic E-state index is 5.64. The lowest BCUT2D eigenvalue weighted by molar-refractivity contribution is 0.236. The zero-order valence-electron chi connectivity index (χ0n) is 11.0. The third-order valence-electron chi connectivity index (χ3n) is 3.26. The average molecular weight is 251 g/mol. The fourth-order valence-electron chi connectivity index (χ4n) is 2.30. The van der Waals surface area contributed by atoms with Gasteiger partial charge >= 0.3 is 0 Å². The Morgan fingerprint density at radius 3 is 2.79 bits per heavy atom. The molecular weight excluding hydrogens is 234 g/mol. The van der Waals surface area contributed by atoms with Crippen molar-refractivity contribution in [2.45, 2.75) is 20.0 Å². The fourth-order valence-corrected chi connectivity index (χ4v) is 2.30. The summed E-state index contributed by atoms with van der Waals surface area (Å²) < 4.78 is 5.64. The largest absolute Gasteiger partial charge is 0.495 e. The Bertz CT molecular complexity index is 602. The Hall–Kier alpha value is -2.22. The molecule has 0 aromatic heterocycles. The van der Waals surface area contributed by atoms with E-state index < -0.39 is 0 Å². The van der Waals surface area contributed by atoms with E-state index in [1.54, 1.807) is 0 Å². The highest BCUT2D eigenvalue weighted by Crippen LogP contribution is 2.24. The van der Waals surface area contributed by atoms with Crippen molar-refractivity contribution < 1.29 is 4.74 Å². The molecule has 3 rings (SSSR count). The van der Waals surface area contributed by atoms with Crippen molar-refractivity contribution in [3.8, 4) is 0 Å². The third-order valence-corrected chi connectivity index (χ3v) is 3.26. The van der Waals surface area contributed by atoms with Crippen LogP contribution in [0.3, 0.4) is 0 Å². The summed E-state index contributed by atoms with van der Waals surface area (Å²) in [4.78, 5) is 0. The summed E-state index contributed by atoms with van der Waals surface area (Å²) >= 11 is 0. The van der Waals surface area contributed by atoms with Crippen LogP contribution in [-0.2, 0) is 17.8 Å². The SMILES string of the molecule is Cc1ccc2c(c1)COC=C(Cc1ccccc1)N2. The molecule has 0 saturated heterocycles. The molecule has 96 valence electrons. The van der Waals surface area contributed by atoms with Crippen LogP contribution in [-0.4, -0.2) is 0 Å². The molecular formula is C17H17NO. The molecule has 2 aromatic carbocycles. The lowest BCUT2D eigenvalue weighted by Gasteiger charge is -2.11. The number of aryl methyl sites for hydroxylation is 1. The summed E-state index contributed by atoms with van der Waals surface area (Å²) in [6, 6.07) is 16.8. The first-order valence-electron chi connectivity index (χ1n) is 6.52. The molecule has 19 heavy (non-hydrogen) atoms. The Kier molecular flexibility index (Phi) is 3.23. The van der Waals surface area contributed by atoms with E-state index in [1.165, 1.54) is 16.7 Å². The lowest BCUT2D eigenvalue weighted by atomic mass is 10.1. The third kappa shape index (κ3) is 2.79. The number of hydrogen-bond donors (Lipinski definition) is 1. The van der Waals surface area contributed by atoms with E-state index in [0.717, 1.165) is 17.8 Å². The van der Waals surface area contributed by atoms with Crippen molar-refractivity contribution in [1.82, 2.24) is 0 Å². The van der Waals surface area contributed by atoms with Gasteiger partial charge in [-0.15, -0.1) is 0 Å². The van der Waals surface area contributed by atoms with Crippen LogP contribution in [0.15, 0.2) is 60.5 Å². The summed E-state index contributed by atoms with van der Waals surface area (Å²) in [5.41, 5.74) is 5.98. The standard InChI is InChI=1S/C17H17NO/c1-13-7-8-17-15(9-13)11-19-12-16(18-17)10-14-5-3-2-4-6-14/h2-9,12,18H,10-11H2,1H3. The van der Waals surface area contributed by atoms with E-state index in [-0.39, 0.29) is 0 Å². The summed E-state index contributed by atoms with van der Waals surface area (Å²) in [5.74, 6) is 0. The number of hydrogen-bond acceptors (Lipinski definition) is 2. The maximum atomic E-state index is 5.64. The zero-order valence-corrected chi connectivity index (χ0v) is 11.0. The minimum atomic E-state index is 0.627. The molecule has 1 heterocycles. The normalized spacial score (nSPS) is 13.6. The molecule has 1 N–H and O–H groups in total. The first kappa shape index (κ1) is 11.8. The lowest BCUT2D eigenvalue weighted by Crippen LogP contribution is -2.03. The molecule has 2 aromatic rings. The van der Waals surface area contributed by atoms with Crippen molar-refractivity contribution in [2.24, 2.45) is 0 Å². The highest BCUT2D eigenvalue weighted by Gasteiger charge is 2.10. The summed E-state index contributed by atoms with van der Waals surface area (Å²) in [6.45, 7) is 2.73.